The fourth-order valence-electron chi connectivity index (χ4n) is 1.44. The summed E-state index contributed by atoms with van der Waals surface area (Å²) in [7, 11) is 0. The molecule has 2 aliphatic heterocycles. The largest absolute Gasteiger partial charge is 0.456 e. The van der Waals surface area contributed by atoms with E-state index in [2.05, 4.69) is 5.32 Å². The minimum Gasteiger partial charge on any atom is -0.456 e. The maximum atomic E-state index is 10.8. The highest BCUT2D eigenvalue weighted by Gasteiger charge is 2.39. The van der Waals surface area contributed by atoms with Gasteiger partial charge in [-0.1, -0.05) is 0 Å². The second-order valence-corrected chi connectivity index (χ2v) is 3.05. The molecule has 2 rings (SSSR count). The second-order valence-electron chi connectivity index (χ2n) is 3.05. The molecule has 68 valence electrons. The molecule has 1 fully saturated rings. The zero-order chi connectivity index (χ0) is 9.42. The lowest BCUT2D eigenvalue weighted by Crippen LogP contribution is -2.37. The third-order valence-corrected chi connectivity index (χ3v) is 2.10. The molecule has 0 saturated carbocycles. The van der Waals surface area contributed by atoms with Gasteiger partial charge in [0.25, 0.3) is 0 Å². The average molecular weight is 180 g/mol. The number of amides is 1. The predicted octanol–water partition coefficient (Wildman–Crippen LogP) is 0.639. The van der Waals surface area contributed by atoms with E-state index in [0.29, 0.717) is 6.42 Å². The van der Waals surface area contributed by atoms with Crippen molar-refractivity contribution in [2.75, 3.05) is 0 Å². The summed E-state index contributed by atoms with van der Waals surface area (Å²) in [5.41, 5.74) is 0.820. The van der Waals surface area contributed by atoms with Gasteiger partial charge >= 0.3 is 6.09 Å². The molecule has 1 N–H and O–H groups in total. The van der Waals surface area contributed by atoms with E-state index in [4.69, 9.17) is 14.7 Å². The molecule has 0 radical (unpaired) electrons. The average Bonchev–Trinajstić information content (AvgIpc) is 2.42. The standard InChI is InChI=1S/C8H8N2O3/c1-4-2-5-7(10-8(11)13-5)12-6(4)3-9/h5,7H,2H2,1H3,(H,10,11)/t5-,7+/m0/s1. The molecule has 2 heterocycles. The van der Waals surface area contributed by atoms with Crippen LogP contribution in [0.3, 0.4) is 0 Å². The van der Waals surface area contributed by atoms with Crippen molar-refractivity contribution in [1.29, 1.82) is 5.26 Å². The maximum Gasteiger partial charge on any atom is 0.410 e. The van der Waals surface area contributed by atoms with E-state index in [1.54, 1.807) is 6.92 Å². The highest BCUT2D eigenvalue weighted by Crippen LogP contribution is 2.27. The number of ether oxygens (including phenoxy) is 2. The lowest BCUT2D eigenvalue weighted by molar-refractivity contribution is 0.0193. The lowest BCUT2D eigenvalue weighted by atomic mass is 10.1. The van der Waals surface area contributed by atoms with Gasteiger partial charge in [-0.05, 0) is 12.5 Å². The van der Waals surface area contributed by atoms with E-state index in [-0.39, 0.29) is 11.9 Å². The first kappa shape index (κ1) is 7.92. The molecule has 2 aliphatic rings. The normalized spacial score (nSPS) is 31.2. The summed E-state index contributed by atoms with van der Waals surface area (Å²) >= 11 is 0. The van der Waals surface area contributed by atoms with Crippen LogP contribution in [0.4, 0.5) is 4.79 Å². The highest BCUT2D eigenvalue weighted by molar-refractivity contribution is 5.70. The molecule has 5 nitrogen and oxygen atoms in total. The summed E-state index contributed by atoms with van der Waals surface area (Å²) in [5, 5.41) is 11.1. The monoisotopic (exact) mass is 180 g/mol. The number of fused-ring (bicyclic) bond motifs is 1. The topological polar surface area (TPSA) is 71.3 Å². The van der Waals surface area contributed by atoms with Gasteiger partial charge in [-0.25, -0.2) is 4.79 Å². The molecule has 1 saturated heterocycles. The molecule has 0 aromatic carbocycles. The number of hydrogen-bond acceptors (Lipinski definition) is 4. The van der Waals surface area contributed by atoms with Crippen molar-refractivity contribution in [3.63, 3.8) is 0 Å². The minimum atomic E-state index is -0.495. The number of carbonyl (C=O) groups is 1. The van der Waals surface area contributed by atoms with Crippen LogP contribution >= 0.6 is 0 Å². The van der Waals surface area contributed by atoms with E-state index in [1.807, 2.05) is 6.07 Å². The van der Waals surface area contributed by atoms with Crippen LogP contribution in [0.1, 0.15) is 13.3 Å². The Hall–Kier alpha value is -1.70. The molecule has 0 bridgehead atoms. The van der Waals surface area contributed by atoms with Gasteiger partial charge in [-0.2, -0.15) is 5.26 Å². The van der Waals surface area contributed by atoms with Crippen LogP contribution in [0, 0.1) is 11.3 Å². The first-order valence-corrected chi connectivity index (χ1v) is 3.94. The van der Waals surface area contributed by atoms with Crippen molar-refractivity contribution in [2.24, 2.45) is 0 Å². The number of nitriles is 1. The van der Waals surface area contributed by atoms with E-state index in [9.17, 15) is 4.79 Å². The van der Waals surface area contributed by atoms with E-state index in [0.717, 1.165) is 5.57 Å². The summed E-state index contributed by atoms with van der Waals surface area (Å²) in [4.78, 5) is 10.8. The smallest absolute Gasteiger partial charge is 0.410 e. The van der Waals surface area contributed by atoms with Crippen molar-refractivity contribution in [2.45, 2.75) is 25.7 Å². The van der Waals surface area contributed by atoms with E-state index in [1.165, 1.54) is 0 Å². The third-order valence-electron chi connectivity index (χ3n) is 2.10. The Bertz CT molecular complexity index is 329. The maximum absolute atomic E-state index is 10.8. The van der Waals surface area contributed by atoms with Crippen LogP contribution in [0.15, 0.2) is 11.3 Å². The number of allylic oxidation sites excluding steroid dienone is 1. The second kappa shape index (κ2) is 2.66. The Morgan fingerprint density at radius 3 is 3.08 bits per heavy atom. The molecule has 2 atom stereocenters. The van der Waals surface area contributed by atoms with Crippen molar-refractivity contribution in [3.05, 3.63) is 11.3 Å². The van der Waals surface area contributed by atoms with Crippen molar-refractivity contribution >= 4 is 6.09 Å². The van der Waals surface area contributed by atoms with Gasteiger partial charge in [0.1, 0.15) is 6.07 Å². The van der Waals surface area contributed by atoms with Gasteiger partial charge in [-0.15, -0.1) is 0 Å². The zero-order valence-corrected chi connectivity index (χ0v) is 7.03. The first-order chi connectivity index (χ1) is 6.20. The Kier molecular flexibility index (Phi) is 1.62. The SMILES string of the molecule is CC1=C(C#N)O[C@H]2NC(=O)O[C@H]2C1. The summed E-state index contributed by atoms with van der Waals surface area (Å²) in [5.74, 6) is 0.284. The van der Waals surface area contributed by atoms with Crippen molar-refractivity contribution in [3.8, 4) is 6.07 Å². The fourth-order valence-corrected chi connectivity index (χ4v) is 1.44. The van der Waals surface area contributed by atoms with Crippen LogP contribution in [0.25, 0.3) is 0 Å². The number of nitrogens with zero attached hydrogens (tertiary/aromatic N) is 1. The van der Waals surface area contributed by atoms with Crippen LogP contribution in [-0.2, 0) is 9.47 Å². The lowest BCUT2D eigenvalue weighted by Gasteiger charge is -2.23. The van der Waals surface area contributed by atoms with E-state index >= 15 is 0 Å². The van der Waals surface area contributed by atoms with Crippen molar-refractivity contribution in [1.82, 2.24) is 5.32 Å². The van der Waals surface area contributed by atoms with Gasteiger partial charge in [0.15, 0.2) is 11.9 Å². The molecule has 5 heteroatoms. The van der Waals surface area contributed by atoms with Crippen LogP contribution in [-0.4, -0.2) is 18.4 Å². The number of carbonyl (C=O) groups excluding carboxylic acids is 1. The molecular weight excluding hydrogens is 172 g/mol. The van der Waals surface area contributed by atoms with Crippen LogP contribution in [0.2, 0.25) is 0 Å². The van der Waals surface area contributed by atoms with Gasteiger partial charge in [0, 0.05) is 6.42 Å². The van der Waals surface area contributed by atoms with Gasteiger partial charge in [0.05, 0.1) is 0 Å². The zero-order valence-electron chi connectivity index (χ0n) is 7.03. The predicted molar refractivity (Wildman–Crippen MR) is 41.2 cm³/mol. The quantitative estimate of drug-likeness (QED) is 0.593. The number of nitrogens with one attached hydrogen (secondary N) is 1. The minimum absolute atomic E-state index is 0.284. The summed E-state index contributed by atoms with van der Waals surface area (Å²) in [6.07, 6.45) is -0.704. The Balaban J connectivity index is 2.20. The molecule has 0 aromatic heterocycles. The Morgan fingerprint density at radius 1 is 1.62 bits per heavy atom. The molecule has 0 unspecified atom stereocenters. The van der Waals surface area contributed by atoms with Gasteiger partial charge in [-0.3, -0.25) is 5.32 Å². The summed E-state index contributed by atoms with van der Waals surface area (Å²) in [6, 6.07) is 1.93. The van der Waals surface area contributed by atoms with Crippen molar-refractivity contribution < 1.29 is 14.3 Å². The third kappa shape index (κ3) is 1.20. The van der Waals surface area contributed by atoms with Gasteiger partial charge < -0.3 is 9.47 Å². The van der Waals surface area contributed by atoms with Gasteiger partial charge in [0.2, 0.25) is 6.23 Å². The molecule has 0 aliphatic carbocycles. The Morgan fingerprint density at radius 2 is 2.38 bits per heavy atom. The number of hydrogen-bond donors (Lipinski definition) is 1. The summed E-state index contributed by atoms with van der Waals surface area (Å²) in [6.45, 7) is 1.79. The molecule has 0 aromatic rings. The number of rotatable bonds is 0. The summed E-state index contributed by atoms with van der Waals surface area (Å²) < 4.78 is 10.1. The molecule has 0 spiro atoms. The van der Waals surface area contributed by atoms with Crippen LogP contribution < -0.4 is 5.32 Å². The van der Waals surface area contributed by atoms with E-state index < -0.39 is 12.3 Å². The molecule has 13 heavy (non-hydrogen) atoms. The molecule has 1 amide bonds. The fraction of sp³-hybridized carbons (Fsp3) is 0.500. The molecular formula is C8H8N2O3. The first-order valence-electron chi connectivity index (χ1n) is 3.94. The number of alkyl carbamates (subject to hydrolysis) is 1. The van der Waals surface area contributed by atoms with Crippen LogP contribution in [0.5, 0.6) is 0 Å². The highest BCUT2D eigenvalue weighted by atomic mass is 16.6. The Labute approximate surface area is 74.9 Å².